The molecule has 2 aromatic rings. The molecule has 0 aromatic carbocycles. The summed E-state index contributed by atoms with van der Waals surface area (Å²) in [4.78, 5) is 24.8. The van der Waals surface area contributed by atoms with Crippen molar-refractivity contribution in [3.05, 3.63) is 52.1 Å². The molecule has 2 rings (SSSR count). The van der Waals surface area contributed by atoms with Crippen LogP contribution in [0.25, 0.3) is 0 Å². The number of anilines is 1. The van der Waals surface area contributed by atoms with Gasteiger partial charge in [-0.05, 0) is 12.1 Å². The van der Waals surface area contributed by atoms with Crippen LogP contribution in [0.2, 0.25) is 0 Å². The molecule has 0 saturated heterocycles. The van der Waals surface area contributed by atoms with Crippen LogP contribution in [0.3, 0.4) is 0 Å². The third-order valence-corrected chi connectivity index (χ3v) is 2.56. The van der Waals surface area contributed by atoms with E-state index >= 15 is 0 Å². The molecule has 0 saturated carbocycles. The third-order valence-electron chi connectivity index (χ3n) is 2.56. The zero-order valence-electron chi connectivity index (χ0n) is 10.3. The number of carboxylic acids is 1. The van der Waals surface area contributed by atoms with Crippen LogP contribution in [0.5, 0.6) is 0 Å². The molecule has 0 amide bonds. The normalized spacial score (nSPS) is 10.2. The summed E-state index contributed by atoms with van der Waals surface area (Å²) in [5.41, 5.74) is -0.599. The van der Waals surface area contributed by atoms with Crippen LogP contribution in [0.15, 0.2) is 35.1 Å². The van der Waals surface area contributed by atoms with Gasteiger partial charge in [-0.25, -0.2) is 9.78 Å². The van der Waals surface area contributed by atoms with Gasteiger partial charge in [0, 0.05) is 25.2 Å². The molecule has 0 aliphatic heterocycles. The molecule has 0 aliphatic rings. The minimum absolute atomic E-state index is 0.0338. The summed E-state index contributed by atoms with van der Waals surface area (Å²) in [6.07, 6.45) is 3.15. The summed E-state index contributed by atoms with van der Waals surface area (Å²) in [6.45, 7) is 0.383. The Bertz CT molecular complexity index is 624. The van der Waals surface area contributed by atoms with Crippen molar-refractivity contribution >= 4 is 17.5 Å². The lowest BCUT2D eigenvalue weighted by Crippen LogP contribution is -2.09. The molecule has 2 N–H and O–H groups in total. The van der Waals surface area contributed by atoms with Gasteiger partial charge in [-0.1, -0.05) is 0 Å². The van der Waals surface area contributed by atoms with Gasteiger partial charge < -0.3 is 14.8 Å². The van der Waals surface area contributed by atoms with E-state index in [9.17, 15) is 14.9 Å². The summed E-state index contributed by atoms with van der Waals surface area (Å²) in [6, 6.07) is 4.51. The highest BCUT2D eigenvalue weighted by Crippen LogP contribution is 2.22. The van der Waals surface area contributed by atoms with Crippen LogP contribution in [0.4, 0.5) is 11.5 Å². The molecule has 0 aliphatic carbocycles. The lowest BCUT2D eigenvalue weighted by Gasteiger charge is -2.05. The fourth-order valence-corrected chi connectivity index (χ4v) is 1.60. The first-order chi connectivity index (χ1) is 9.58. The van der Waals surface area contributed by atoms with Gasteiger partial charge in [0.25, 0.3) is 0 Å². The molecule has 104 valence electrons. The lowest BCUT2D eigenvalue weighted by molar-refractivity contribution is -0.384. The van der Waals surface area contributed by atoms with E-state index in [0.29, 0.717) is 13.0 Å². The van der Waals surface area contributed by atoms with Crippen molar-refractivity contribution in [2.24, 2.45) is 0 Å². The van der Waals surface area contributed by atoms with Crippen molar-refractivity contribution in [2.45, 2.75) is 6.42 Å². The maximum atomic E-state index is 10.9. The zero-order chi connectivity index (χ0) is 14.5. The van der Waals surface area contributed by atoms with Gasteiger partial charge >= 0.3 is 11.7 Å². The molecule has 8 heteroatoms. The van der Waals surface area contributed by atoms with E-state index in [4.69, 9.17) is 9.52 Å². The van der Waals surface area contributed by atoms with E-state index in [0.717, 1.165) is 18.0 Å². The van der Waals surface area contributed by atoms with Gasteiger partial charge in [0.05, 0.1) is 16.7 Å². The maximum Gasteiger partial charge on any atom is 0.337 e. The second-order valence-electron chi connectivity index (χ2n) is 3.91. The third kappa shape index (κ3) is 3.10. The molecule has 0 spiro atoms. The molecule has 20 heavy (non-hydrogen) atoms. The highest BCUT2D eigenvalue weighted by atomic mass is 16.6. The van der Waals surface area contributed by atoms with Crippen molar-refractivity contribution in [1.29, 1.82) is 0 Å². The fraction of sp³-hybridized carbons (Fsp3) is 0.167. The Morgan fingerprint density at radius 1 is 1.55 bits per heavy atom. The van der Waals surface area contributed by atoms with Gasteiger partial charge in [-0.2, -0.15) is 0 Å². The van der Waals surface area contributed by atoms with Crippen LogP contribution in [0, 0.1) is 10.1 Å². The van der Waals surface area contributed by atoms with Gasteiger partial charge in [-0.3, -0.25) is 10.1 Å². The molecular weight excluding hydrogens is 266 g/mol. The van der Waals surface area contributed by atoms with E-state index in [-0.39, 0.29) is 17.1 Å². The van der Waals surface area contributed by atoms with Gasteiger partial charge in [0.15, 0.2) is 0 Å². The molecule has 0 radical (unpaired) electrons. The summed E-state index contributed by atoms with van der Waals surface area (Å²) in [5, 5.41) is 22.5. The zero-order valence-corrected chi connectivity index (χ0v) is 10.3. The van der Waals surface area contributed by atoms with Crippen molar-refractivity contribution in [1.82, 2.24) is 4.98 Å². The predicted octanol–water partition coefficient (Wildman–Crippen LogP) is 1.94. The maximum absolute atomic E-state index is 10.9. The van der Waals surface area contributed by atoms with E-state index in [1.54, 1.807) is 12.1 Å². The number of rotatable bonds is 6. The molecule has 2 aromatic heterocycles. The average molecular weight is 277 g/mol. The number of hydrogen-bond donors (Lipinski definition) is 2. The molecule has 8 nitrogen and oxygen atoms in total. The number of nitrogens with zero attached hydrogens (tertiary/aromatic N) is 2. The Morgan fingerprint density at radius 2 is 2.35 bits per heavy atom. The van der Waals surface area contributed by atoms with Gasteiger partial charge in [-0.15, -0.1) is 0 Å². The van der Waals surface area contributed by atoms with E-state index in [1.165, 1.54) is 6.26 Å². The minimum atomic E-state index is -1.26. The number of nitrogens with one attached hydrogen (secondary N) is 1. The van der Waals surface area contributed by atoms with E-state index < -0.39 is 10.9 Å². The van der Waals surface area contributed by atoms with Crippen LogP contribution < -0.4 is 5.32 Å². The number of carbonyl (C=O) groups is 1. The van der Waals surface area contributed by atoms with Crippen LogP contribution in [-0.2, 0) is 6.42 Å². The quantitative estimate of drug-likeness (QED) is 0.611. The first-order valence-electron chi connectivity index (χ1n) is 5.72. The van der Waals surface area contributed by atoms with Crippen molar-refractivity contribution in [3.63, 3.8) is 0 Å². The number of furan rings is 1. The molecule has 0 bridgehead atoms. The number of pyridine rings is 1. The van der Waals surface area contributed by atoms with Crippen LogP contribution in [0.1, 0.15) is 16.1 Å². The topological polar surface area (TPSA) is 118 Å². The van der Waals surface area contributed by atoms with E-state index in [2.05, 4.69) is 10.3 Å². The van der Waals surface area contributed by atoms with Crippen LogP contribution >= 0.6 is 0 Å². The largest absolute Gasteiger partial charge is 0.478 e. The highest BCUT2D eigenvalue weighted by Gasteiger charge is 2.18. The molecular formula is C12H11N3O5. The van der Waals surface area contributed by atoms with Crippen molar-refractivity contribution in [3.8, 4) is 0 Å². The lowest BCUT2D eigenvalue weighted by atomic mass is 10.2. The molecule has 2 heterocycles. The fourth-order valence-electron chi connectivity index (χ4n) is 1.60. The Kier molecular flexibility index (Phi) is 3.94. The van der Waals surface area contributed by atoms with Gasteiger partial charge in [0.1, 0.15) is 5.76 Å². The monoisotopic (exact) mass is 277 g/mol. The summed E-state index contributed by atoms with van der Waals surface area (Å²) >= 11 is 0. The second-order valence-corrected chi connectivity index (χ2v) is 3.91. The van der Waals surface area contributed by atoms with Crippen molar-refractivity contribution in [2.75, 3.05) is 11.9 Å². The van der Waals surface area contributed by atoms with Gasteiger partial charge in [0.2, 0.25) is 5.82 Å². The number of hydrogen-bond acceptors (Lipinski definition) is 6. The first kappa shape index (κ1) is 13.5. The Morgan fingerprint density at radius 3 is 2.95 bits per heavy atom. The first-order valence-corrected chi connectivity index (χ1v) is 5.72. The number of aromatic nitrogens is 1. The molecule has 0 fully saturated rings. The predicted molar refractivity (Wildman–Crippen MR) is 68.8 cm³/mol. The van der Waals surface area contributed by atoms with Crippen molar-refractivity contribution < 1.29 is 19.2 Å². The molecule has 0 atom stereocenters. The minimum Gasteiger partial charge on any atom is -0.478 e. The molecule has 0 unspecified atom stereocenters. The summed E-state index contributed by atoms with van der Waals surface area (Å²) < 4.78 is 5.13. The Labute approximate surface area is 113 Å². The number of nitro groups is 1. The van der Waals surface area contributed by atoms with E-state index in [1.807, 2.05) is 0 Å². The number of carboxylic acid groups (broad SMARTS) is 1. The second kappa shape index (κ2) is 5.83. The summed E-state index contributed by atoms with van der Waals surface area (Å²) in [7, 11) is 0. The number of aromatic carboxylic acids is 1. The standard InChI is InChI=1S/C12H11N3O5/c16-12(17)8-6-10(15(18)19)11(14-7-8)13-4-3-9-2-1-5-20-9/h1-2,5-7H,3-4H2,(H,13,14)(H,16,17). The summed E-state index contributed by atoms with van der Waals surface area (Å²) in [5.74, 6) is -0.489. The SMILES string of the molecule is O=C(O)c1cnc(NCCc2ccco2)c([N+](=O)[O-])c1. The van der Waals surface area contributed by atoms with Crippen LogP contribution in [-0.4, -0.2) is 27.5 Å². The Balaban J connectivity index is 2.10. The smallest absolute Gasteiger partial charge is 0.337 e. The highest BCUT2D eigenvalue weighted by molar-refractivity contribution is 5.88. The Hall–Kier alpha value is -2.90. The average Bonchev–Trinajstić information content (AvgIpc) is 2.91.